The normalized spacial score (nSPS) is 12.2. The van der Waals surface area contributed by atoms with Crippen molar-refractivity contribution in [2.24, 2.45) is 0 Å². The first-order valence-electron chi connectivity index (χ1n) is 8.10. The van der Waals surface area contributed by atoms with E-state index in [2.05, 4.69) is 15.3 Å². The van der Waals surface area contributed by atoms with Gasteiger partial charge in [-0.2, -0.15) is 0 Å². The number of amides is 1. The third-order valence-corrected chi connectivity index (χ3v) is 3.71. The summed E-state index contributed by atoms with van der Waals surface area (Å²) in [6, 6.07) is 12.3. The first-order valence-corrected chi connectivity index (χ1v) is 8.10. The summed E-state index contributed by atoms with van der Waals surface area (Å²) in [6.45, 7) is 1.41. The maximum absolute atomic E-state index is 13.0. The summed E-state index contributed by atoms with van der Waals surface area (Å²) in [6.07, 6.45) is 2.99. The lowest BCUT2D eigenvalue weighted by Gasteiger charge is -2.01. The van der Waals surface area contributed by atoms with Gasteiger partial charge in [0.15, 0.2) is 0 Å². The number of carbonyl (C=O) groups is 1. The molecular weight excluding hydrogens is 349 g/mol. The minimum absolute atomic E-state index is 0.0739. The SMILES string of the molecule is CC(=O)Nc1ccc(C=c2[nH]c(=O)c(=Cc3ccc(F)cc3)[nH]c2=O)cc1. The monoisotopic (exact) mass is 365 g/mol. The molecule has 6 nitrogen and oxygen atoms in total. The van der Waals surface area contributed by atoms with Crippen molar-refractivity contribution < 1.29 is 9.18 Å². The van der Waals surface area contributed by atoms with Gasteiger partial charge in [-0.15, -0.1) is 0 Å². The second kappa shape index (κ2) is 7.65. The molecule has 0 unspecified atom stereocenters. The Morgan fingerprint density at radius 2 is 1.30 bits per heavy atom. The Hall–Kier alpha value is -3.74. The topological polar surface area (TPSA) is 94.8 Å². The van der Waals surface area contributed by atoms with Gasteiger partial charge in [-0.05, 0) is 47.5 Å². The van der Waals surface area contributed by atoms with Gasteiger partial charge in [-0.3, -0.25) is 14.4 Å². The summed E-state index contributed by atoms with van der Waals surface area (Å²) >= 11 is 0. The molecule has 3 N–H and O–H groups in total. The van der Waals surface area contributed by atoms with Crippen LogP contribution in [-0.2, 0) is 4.79 Å². The van der Waals surface area contributed by atoms with Crippen LogP contribution >= 0.6 is 0 Å². The van der Waals surface area contributed by atoms with Crippen LogP contribution in [-0.4, -0.2) is 15.9 Å². The molecule has 0 spiro atoms. The molecule has 1 amide bonds. The van der Waals surface area contributed by atoms with Crippen LogP contribution in [0.25, 0.3) is 12.2 Å². The van der Waals surface area contributed by atoms with Crippen molar-refractivity contribution in [3.05, 3.63) is 96.9 Å². The van der Waals surface area contributed by atoms with Crippen molar-refractivity contribution in [3.8, 4) is 0 Å². The average Bonchev–Trinajstić information content (AvgIpc) is 2.62. The first kappa shape index (κ1) is 18.1. The number of benzene rings is 2. The molecule has 1 aromatic heterocycles. The molecular formula is C20H16FN3O3. The van der Waals surface area contributed by atoms with Crippen molar-refractivity contribution in [2.45, 2.75) is 6.92 Å². The van der Waals surface area contributed by atoms with E-state index in [1.54, 1.807) is 24.3 Å². The summed E-state index contributed by atoms with van der Waals surface area (Å²) in [4.78, 5) is 40.6. The molecule has 0 saturated carbocycles. The number of hydrogen-bond acceptors (Lipinski definition) is 3. The van der Waals surface area contributed by atoms with E-state index < -0.39 is 11.1 Å². The second-order valence-electron chi connectivity index (χ2n) is 5.88. The fraction of sp³-hybridized carbons (Fsp3) is 0.0500. The van der Waals surface area contributed by atoms with Gasteiger partial charge in [0, 0.05) is 12.6 Å². The highest BCUT2D eigenvalue weighted by Gasteiger charge is 1.99. The Morgan fingerprint density at radius 1 is 0.852 bits per heavy atom. The van der Waals surface area contributed by atoms with Crippen molar-refractivity contribution in [1.29, 1.82) is 0 Å². The van der Waals surface area contributed by atoms with Crippen LogP contribution < -0.4 is 27.1 Å². The van der Waals surface area contributed by atoms with E-state index in [1.165, 1.54) is 43.3 Å². The second-order valence-corrected chi connectivity index (χ2v) is 5.88. The van der Waals surface area contributed by atoms with Gasteiger partial charge < -0.3 is 15.3 Å². The Labute approximate surface area is 152 Å². The van der Waals surface area contributed by atoms with E-state index in [4.69, 9.17) is 0 Å². The predicted octanol–water partition coefficient (Wildman–Crippen LogP) is 0.818. The van der Waals surface area contributed by atoms with E-state index in [0.717, 1.165) is 0 Å². The zero-order valence-electron chi connectivity index (χ0n) is 14.4. The van der Waals surface area contributed by atoms with E-state index in [1.807, 2.05) is 0 Å². The van der Waals surface area contributed by atoms with E-state index in [9.17, 15) is 18.8 Å². The molecule has 2 aromatic carbocycles. The summed E-state index contributed by atoms with van der Waals surface area (Å²) < 4.78 is 13.0. The molecule has 7 heteroatoms. The molecule has 136 valence electrons. The summed E-state index contributed by atoms with van der Waals surface area (Å²) in [5.41, 5.74) is 0.962. The summed E-state index contributed by atoms with van der Waals surface area (Å²) in [5, 5.41) is 2.82. The molecule has 27 heavy (non-hydrogen) atoms. The Kier molecular flexibility index (Phi) is 5.12. The average molecular weight is 365 g/mol. The number of nitrogens with one attached hydrogen (secondary N) is 3. The number of hydrogen-bond donors (Lipinski definition) is 3. The van der Waals surface area contributed by atoms with Gasteiger partial charge >= 0.3 is 0 Å². The van der Waals surface area contributed by atoms with Gasteiger partial charge in [-0.1, -0.05) is 24.3 Å². The van der Waals surface area contributed by atoms with Crippen LogP contribution in [0.15, 0.2) is 58.1 Å². The highest BCUT2D eigenvalue weighted by atomic mass is 19.1. The summed E-state index contributed by atoms with van der Waals surface area (Å²) in [5.74, 6) is -0.565. The predicted molar refractivity (Wildman–Crippen MR) is 101 cm³/mol. The van der Waals surface area contributed by atoms with Gasteiger partial charge in [0.1, 0.15) is 16.5 Å². The molecule has 0 atom stereocenters. The molecule has 0 radical (unpaired) electrons. The number of H-pyrrole nitrogens is 2. The van der Waals surface area contributed by atoms with Crippen molar-refractivity contribution in [3.63, 3.8) is 0 Å². The highest BCUT2D eigenvalue weighted by molar-refractivity contribution is 5.88. The number of rotatable bonds is 3. The smallest absolute Gasteiger partial charge is 0.272 e. The van der Waals surface area contributed by atoms with Crippen molar-refractivity contribution >= 4 is 23.7 Å². The number of aromatic amines is 2. The fourth-order valence-electron chi connectivity index (χ4n) is 2.45. The minimum Gasteiger partial charge on any atom is -0.326 e. The zero-order valence-corrected chi connectivity index (χ0v) is 14.4. The maximum Gasteiger partial charge on any atom is 0.272 e. The number of aromatic nitrogens is 2. The molecule has 3 rings (SSSR count). The third kappa shape index (κ3) is 4.66. The molecule has 0 aliphatic rings. The lowest BCUT2D eigenvalue weighted by atomic mass is 10.2. The van der Waals surface area contributed by atoms with Gasteiger partial charge in [0.25, 0.3) is 11.1 Å². The standard InChI is InChI=1S/C20H16FN3O3/c1-12(25)22-16-8-4-14(5-9-16)11-18-20(27)23-17(19(26)24-18)10-13-2-6-15(21)7-3-13/h2-11H,1H3,(H,22,25)(H,23,27)(H,24,26). The van der Waals surface area contributed by atoms with Gasteiger partial charge in [0.2, 0.25) is 5.91 Å². The minimum atomic E-state index is -0.472. The lowest BCUT2D eigenvalue weighted by Crippen LogP contribution is -2.46. The van der Waals surface area contributed by atoms with E-state index >= 15 is 0 Å². The number of anilines is 1. The van der Waals surface area contributed by atoms with Crippen LogP contribution in [0.4, 0.5) is 10.1 Å². The molecule has 0 aliphatic carbocycles. The van der Waals surface area contributed by atoms with Gasteiger partial charge in [0.05, 0.1) is 0 Å². The first-order chi connectivity index (χ1) is 12.9. The van der Waals surface area contributed by atoms with Crippen molar-refractivity contribution in [1.82, 2.24) is 9.97 Å². The van der Waals surface area contributed by atoms with Crippen LogP contribution in [0.3, 0.4) is 0 Å². The fourth-order valence-corrected chi connectivity index (χ4v) is 2.45. The lowest BCUT2D eigenvalue weighted by molar-refractivity contribution is -0.114. The van der Waals surface area contributed by atoms with Crippen LogP contribution in [0.2, 0.25) is 0 Å². The Morgan fingerprint density at radius 3 is 1.74 bits per heavy atom. The van der Waals surface area contributed by atoms with Crippen LogP contribution in [0.5, 0.6) is 0 Å². The van der Waals surface area contributed by atoms with Crippen LogP contribution in [0.1, 0.15) is 18.1 Å². The highest BCUT2D eigenvalue weighted by Crippen LogP contribution is 2.09. The number of carbonyl (C=O) groups excluding carboxylic acids is 1. The Balaban J connectivity index is 1.98. The molecule has 0 aliphatic heterocycles. The Bertz CT molecular complexity index is 1210. The molecule has 1 heterocycles. The molecule has 0 bridgehead atoms. The van der Waals surface area contributed by atoms with Crippen molar-refractivity contribution in [2.75, 3.05) is 5.32 Å². The van der Waals surface area contributed by atoms with Crippen LogP contribution in [0, 0.1) is 5.82 Å². The maximum atomic E-state index is 13.0. The molecule has 0 saturated heterocycles. The van der Waals surface area contributed by atoms with Gasteiger partial charge in [-0.25, -0.2) is 4.39 Å². The molecule has 0 fully saturated rings. The third-order valence-electron chi connectivity index (χ3n) is 3.71. The van der Waals surface area contributed by atoms with E-state index in [0.29, 0.717) is 16.8 Å². The number of halogens is 1. The summed E-state index contributed by atoms with van der Waals surface area (Å²) in [7, 11) is 0. The zero-order chi connectivity index (χ0) is 19.4. The largest absolute Gasteiger partial charge is 0.326 e. The van der Waals surface area contributed by atoms with E-state index in [-0.39, 0.29) is 22.4 Å². The quantitative estimate of drug-likeness (QED) is 0.641. The molecule has 3 aromatic rings.